The van der Waals surface area contributed by atoms with Crippen LogP contribution in [0.25, 0.3) is 0 Å². The molecule has 0 amide bonds. The molecule has 0 saturated heterocycles. The van der Waals surface area contributed by atoms with Crippen LogP contribution in [-0.4, -0.2) is 41.1 Å². The molecule has 0 radical (unpaired) electrons. The Bertz CT molecular complexity index is 430. The molecule has 1 aromatic rings. The highest BCUT2D eigenvalue weighted by atomic mass is 35.5. The van der Waals surface area contributed by atoms with Gasteiger partial charge in [-0.3, -0.25) is 0 Å². The summed E-state index contributed by atoms with van der Waals surface area (Å²) in [5.74, 6) is 1.37. The standard InChI is InChI=1S/C14H24ClN5/c1-4-20(5-2)14-17-12(15)16-13(18-14)19(3)11-9-7-6-8-10-11/h11H,4-10H2,1-3H3. The number of anilines is 2. The maximum absolute atomic E-state index is 6.08. The van der Waals surface area contributed by atoms with Crippen LogP contribution >= 0.6 is 11.6 Å². The first-order valence-corrected chi connectivity index (χ1v) is 7.92. The zero-order valence-corrected chi connectivity index (χ0v) is 13.4. The van der Waals surface area contributed by atoms with Gasteiger partial charge in [0.15, 0.2) is 0 Å². The van der Waals surface area contributed by atoms with E-state index in [0.717, 1.165) is 13.1 Å². The molecule has 0 bridgehead atoms. The summed E-state index contributed by atoms with van der Waals surface area (Å²) in [7, 11) is 2.06. The normalized spacial score (nSPS) is 16.2. The van der Waals surface area contributed by atoms with Gasteiger partial charge in [0.05, 0.1) is 0 Å². The second kappa shape index (κ2) is 7.07. The molecule has 0 aromatic carbocycles. The van der Waals surface area contributed by atoms with Crippen LogP contribution in [-0.2, 0) is 0 Å². The first-order chi connectivity index (χ1) is 9.65. The number of hydrogen-bond donors (Lipinski definition) is 0. The van der Waals surface area contributed by atoms with Crippen molar-refractivity contribution in [3.63, 3.8) is 0 Å². The van der Waals surface area contributed by atoms with E-state index in [0.29, 0.717) is 17.9 Å². The predicted molar refractivity (Wildman–Crippen MR) is 83.7 cm³/mol. The van der Waals surface area contributed by atoms with E-state index in [4.69, 9.17) is 11.6 Å². The van der Waals surface area contributed by atoms with Crippen LogP contribution in [0.3, 0.4) is 0 Å². The number of hydrogen-bond acceptors (Lipinski definition) is 5. The second-order valence-corrected chi connectivity index (χ2v) is 5.62. The summed E-state index contributed by atoms with van der Waals surface area (Å²) in [6.07, 6.45) is 6.33. The third-order valence-corrected chi connectivity index (χ3v) is 4.24. The number of rotatable bonds is 5. The van der Waals surface area contributed by atoms with Crippen LogP contribution in [0.4, 0.5) is 11.9 Å². The molecule has 1 aliphatic rings. The molecule has 0 N–H and O–H groups in total. The molecule has 0 aliphatic heterocycles. The first-order valence-electron chi connectivity index (χ1n) is 7.55. The molecule has 1 heterocycles. The maximum Gasteiger partial charge on any atom is 0.231 e. The van der Waals surface area contributed by atoms with Gasteiger partial charge in [-0.15, -0.1) is 0 Å². The van der Waals surface area contributed by atoms with E-state index in [9.17, 15) is 0 Å². The number of aromatic nitrogens is 3. The summed E-state index contributed by atoms with van der Waals surface area (Å²) in [6.45, 7) is 5.91. The van der Waals surface area contributed by atoms with Gasteiger partial charge >= 0.3 is 0 Å². The third-order valence-electron chi connectivity index (χ3n) is 4.07. The molecule has 1 aliphatic carbocycles. The Morgan fingerprint density at radius 1 is 1.00 bits per heavy atom. The molecule has 1 aromatic heterocycles. The summed E-state index contributed by atoms with van der Waals surface area (Å²) < 4.78 is 0. The molecule has 0 atom stereocenters. The zero-order valence-electron chi connectivity index (χ0n) is 12.6. The Morgan fingerprint density at radius 2 is 1.60 bits per heavy atom. The quantitative estimate of drug-likeness (QED) is 0.835. The Balaban J connectivity index is 2.22. The van der Waals surface area contributed by atoms with E-state index in [1.807, 2.05) is 0 Å². The van der Waals surface area contributed by atoms with Crippen molar-refractivity contribution < 1.29 is 0 Å². The SMILES string of the molecule is CCN(CC)c1nc(Cl)nc(N(C)C2CCCCC2)n1. The van der Waals surface area contributed by atoms with Gasteiger partial charge in [-0.2, -0.15) is 15.0 Å². The Morgan fingerprint density at radius 3 is 2.20 bits per heavy atom. The second-order valence-electron chi connectivity index (χ2n) is 5.28. The predicted octanol–water partition coefficient (Wildman–Crippen LogP) is 3.14. The third kappa shape index (κ3) is 3.51. The van der Waals surface area contributed by atoms with Crippen molar-refractivity contribution in [2.45, 2.75) is 52.0 Å². The molecule has 0 spiro atoms. The van der Waals surface area contributed by atoms with E-state index in [2.05, 4.69) is 45.6 Å². The lowest BCUT2D eigenvalue weighted by molar-refractivity contribution is 0.424. The Hall–Kier alpha value is -1.10. The fraction of sp³-hybridized carbons (Fsp3) is 0.786. The van der Waals surface area contributed by atoms with E-state index in [1.165, 1.54) is 32.1 Å². The van der Waals surface area contributed by atoms with E-state index in [-0.39, 0.29) is 5.28 Å². The molecular formula is C14H24ClN5. The van der Waals surface area contributed by atoms with Crippen molar-refractivity contribution in [3.05, 3.63) is 5.28 Å². The number of nitrogens with zero attached hydrogens (tertiary/aromatic N) is 5. The minimum absolute atomic E-state index is 0.277. The van der Waals surface area contributed by atoms with Gasteiger partial charge in [0.1, 0.15) is 0 Å². The molecular weight excluding hydrogens is 274 g/mol. The summed E-state index contributed by atoms with van der Waals surface area (Å²) in [4.78, 5) is 17.4. The molecule has 0 unspecified atom stereocenters. The van der Waals surface area contributed by atoms with Crippen LogP contribution in [0.15, 0.2) is 0 Å². The average Bonchev–Trinajstić information content (AvgIpc) is 2.48. The lowest BCUT2D eigenvalue weighted by Crippen LogP contribution is -2.35. The van der Waals surface area contributed by atoms with Crippen LogP contribution in [0.1, 0.15) is 46.0 Å². The van der Waals surface area contributed by atoms with Gasteiger partial charge in [-0.25, -0.2) is 0 Å². The smallest absolute Gasteiger partial charge is 0.231 e. The minimum Gasteiger partial charge on any atom is -0.341 e. The zero-order chi connectivity index (χ0) is 14.5. The van der Waals surface area contributed by atoms with Crippen LogP contribution in [0.2, 0.25) is 5.28 Å². The van der Waals surface area contributed by atoms with Crippen molar-refractivity contribution in [1.29, 1.82) is 0 Å². The highest BCUT2D eigenvalue weighted by Crippen LogP contribution is 2.25. The van der Waals surface area contributed by atoms with Gasteiger partial charge < -0.3 is 9.80 Å². The molecule has 1 saturated carbocycles. The minimum atomic E-state index is 0.277. The summed E-state index contributed by atoms with van der Waals surface area (Å²) >= 11 is 6.08. The summed E-state index contributed by atoms with van der Waals surface area (Å²) in [5, 5.41) is 0.277. The van der Waals surface area contributed by atoms with Crippen molar-refractivity contribution >= 4 is 23.5 Å². The maximum atomic E-state index is 6.08. The molecule has 2 rings (SSSR count). The first kappa shape index (κ1) is 15.3. The molecule has 112 valence electrons. The van der Waals surface area contributed by atoms with Crippen LogP contribution < -0.4 is 9.80 Å². The number of halogens is 1. The van der Waals surface area contributed by atoms with E-state index >= 15 is 0 Å². The van der Waals surface area contributed by atoms with Gasteiger partial charge in [0.2, 0.25) is 17.2 Å². The van der Waals surface area contributed by atoms with Crippen molar-refractivity contribution in [3.8, 4) is 0 Å². The van der Waals surface area contributed by atoms with E-state index in [1.54, 1.807) is 0 Å². The molecule has 6 heteroatoms. The van der Waals surface area contributed by atoms with Crippen LogP contribution in [0, 0.1) is 0 Å². The molecule has 1 fully saturated rings. The highest BCUT2D eigenvalue weighted by molar-refractivity contribution is 6.28. The monoisotopic (exact) mass is 297 g/mol. The van der Waals surface area contributed by atoms with Gasteiger partial charge in [-0.1, -0.05) is 19.3 Å². The Kier molecular flexibility index (Phi) is 5.40. The highest BCUT2D eigenvalue weighted by Gasteiger charge is 2.21. The largest absolute Gasteiger partial charge is 0.341 e. The lowest BCUT2D eigenvalue weighted by Gasteiger charge is -2.31. The van der Waals surface area contributed by atoms with Crippen molar-refractivity contribution in [2.75, 3.05) is 29.9 Å². The Labute approximate surface area is 126 Å². The molecule has 20 heavy (non-hydrogen) atoms. The fourth-order valence-electron chi connectivity index (χ4n) is 2.77. The van der Waals surface area contributed by atoms with Gasteiger partial charge in [0, 0.05) is 26.2 Å². The lowest BCUT2D eigenvalue weighted by atomic mass is 9.95. The van der Waals surface area contributed by atoms with E-state index < -0.39 is 0 Å². The fourth-order valence-corrected chi connectivity index (χ4v) is 2.92. The van der Waals surface area contributed by atoms with Crippen molar-refractivity contribution in [2.24, 2.45) is 0 Å². The van der Waals surface area contributed by atoms with Crippen molar-refractivity contribution in [1.82, 2.24) is 15.0 Å². The van der Waals surface area contributed by atoms with Gasteiger partial charge in [0.25, 0.3) is 0 Å². The van der Waals surface area contributed by atoms with Gasteiger partial charge in [-0.05, 0) is 38.3 Å². The summed E-state index contributed by atoms with van der Waals surface area (Å²) in [5.41, 5.74) is 0. The topological polar surface area (TPSA) is 45.2 Å². The molecule has 5 nitrogen and oxygen atoms in total. The summed E-state index contributed by atoms with van der Waals surface area (Å²) in [6, 6.07) is 0.520. The average molecular weight is 298 g/mol. The van der Waals surface area contributed by atoms with Crippen LogP contribution in [0.5, 0.6) is 0 Å².